The first-order chi connectivity index (χ1) is 9.69. The van der Waals surface area contributed by atoms with E-state index in [0.29, 0.717) is 0 Å². The molecule has 0 unspecified atom stereocenters. The quantitative estimate of drug-likeness (QED) is 0.884. The number of urea groups is 1. The number of rotatable bonds is 4. The van der Waals surface area contributed by atoms with Crippen LogP contribution in [-0.4, -0.2) is 43.5 Å². The van der Waals surface area contributed by atoms with Crippen LogP contribution in [0.25, 0.3) is 0 Å². The molecule has 0 atom stereocenters. The van der Waals surface area contributed by atoms with E-state index in [4.69, 9.17) is 0 Å². The van der Waals surface area contributed by atoms with E-state index in [-0.39, 0.29) is 11.8 Å². The highest BCUT2D eigenvalue weighted by atomic mass is 32.1. The lowest BCUT2D eigenvalue weighted by Crippen LogP contribution is -2.45. The molecule has 1 aromatic rings. The SMILES string of the molecule is CNC(=O)NC(=O)C1CCN(CCc2cccs2)CC1. The van der Waals surface area contributed by atoms with E-state index in [1.807, 2.05) is 0 Å². The normalized spacial score (nSPS) is 16.9. The Bertz CT molecular complexity index is 439. The number of piperidine rings is 1. The first-order valence-corrected chi connectivity index (χ1v) is 7.84. The van der Waals surface area contributed by atoms with Crippen LogP contribution in [0.3, 0.4) is 0 Å². The summed E-state index contributed by atoms with van der Waals surface area (Å²) in [6.45, 7) is 2.90. The van der Waals surface area contributed by atoms with Crippen molar-refractivity contribution in [3.63, 3.8) is 0 Å². The van der Waals surface area contributed by atoms with Crippen molar-refractivity contribution in [2.75, 3.05) is 26.7 Å². The minimum atomic E-state index is -0.421. The average Bonchev–Trinajstić information content (AvgIpc) is 2.98. The van der Waals surface area contributed by atoms with E-state index >= 15 is 0 Å². The molecule has 20 heavy (non-hydrogen) atoms. The highest BCUT2D eigenvalue weighted by molar-refractivity contribution is 7.09. The Labute approximate surface area is 123 Å². The van der Waals surface area contributed by atoms with Gasteiger partial charge in [-0.15, -0.1) is 11.3 Å². The van der Waals surface area contributed by atoms with Crippen LogP contribution in [0.5, 0.6) is 0 Å². The fourth-order valence-corrected chi connectivity index (χ4v) is 3.12. The second-order valence-corrected chi connectivity index (χ2v) is 6.05. The molecule has 2 heterocycles. The van der Waals surface area contributed by atoms with Gasteiger partial charge in [0.15, 0.2) is 0 Å². The molecule has 0 radical (unpaired) electrons. The summed E-state index contributed by atoms with van der Waals surface area (Å²) < 4.78 is 0. The Morgan fingerprint density at radius 3 is 2.75 bits per heavy atom. The highest BCUT2D eigenvalue weighted by Crippen LogP contribution is 2.18. The molecule has 0 bridgehead atoms. The van der Waals surface area contributed by atoms with Crippen molar-refractivity contribution in [1.82, 2.24) is 15.5 Å². The lowest BCUT2D eigenvalue weighted by atomic mass is 9.96. The van der Waals surface area contributed by atoms with Gasteiger partial charge in [-0.25, -0.2) is 4.79 Å². The number of hydrogen-bond acceptors (Lipinski definition) is 4. The lowest BCUT2D eigenvalue weighted by molar-refractivity contribution is -0.125. The van der Waals surface area contributed by atoms with Crippen molar-refractivity contribution in [2.45, 2.75) is 19.3 Å². The first-order valence-electron chi connectivity index (χ1n) is 6.96. The third-order valence-electron chi connectivity index (χ3n) is 3.68. The fraction of sp³-hybridized carbons (Fsp3) is 0.571. The number of likely N-dealkylation sites (tertiary alicyclic amines) is 1. The molecule has 2 rings (SSSR count). The Balaban J connectivity index is 1.69. The van der Waals surface area contributed by atoms with Gasteiger partial charge >= 0.3 is 6.03 Å². The standard InChI is InChI=1S/C14H21N3O2S/c1-15-14(19)16-13(18)11-4-7-17(8-5-11)9-6-12-3-2-10-20-12/h2-3,10-11H,4-9H2,1H3,(H2,15,16,18,19). The number of carbonyl (C=O) groups is 2. The van der Waals surface area contributed by atoms with E-state index in [1.165, 1.54) is 11.9 Å². The average molecular weight is 295 g/mol. The van der Waals surface area contributed by atoms with E-state index in [2.05, 4.69) is 33.0 Å². The molecular weight excluding hydrogens is 274 g/mol. The second-order valence-electron chi connectivity index (χ2n) is 5.01. The maximum absolute atomic E-state index is 11.8. The van der Waals surface area contributed by atoms with Gasteiger partial charge in [-0.3, -0.25) is 10.1 Å². The van der Waals surface area contributed by atoms with Crippen LogP contribution in [0.2, 0.25) is 0 Å². The minimum Gasteiger partial charge on any atom is -0.341 e. The molecule has 1 fully saturated rings. The summed E-state index contributed by atoms with van der Waals surface area (Å²) in [4.78, 5) is 26.7. The summed E-state index contributed by atoms with van der Waals surface area (Å²) in [7, 11) is 1.51. The van der Waals surface area contributed by atoms with Gasteiger partial charge in [-0.05, 0) is 43.8 Å². The number of nitrogens with one attached hydrogen (secondary N) is 2. The van der Waals surface area contributed by atoms with Crippen molar-refractivity contribution in [1.29, 1.82) is 0 Å². The van der Waals surface area contributed by atoms with Crippen molar-refractivity contribution in [3.8, 4) is 0 Å². The smallest absolute Gasteiger partial charge is 0.321 e. The largest absolute Gasteiger partial charge is 0.341 e. The Kier molecular flexibility index (Phi) is 5.55. The monoisotopic (exact) mass is 295 g/mol. The molecule has 1 aliphatic heterocycles. The summed E-state index contributed by atoms with van der Waals surface area (Å²) in [5, 5.41) is 6.86. The highest BCUT2D eigenvalue weighted by Gasteiger charge is 2.25. The molecule has 110 valence electrons. The molecule has 1 aliphatic rings. The van der Waals surface area contributed by atoms with Gasteiger partial charge < -0.3 is 10.2 Å². The molecule has 0 spiro atoms. The van der Waals surface area contributed by atoms with Crippen LogP contribution in [0, 0.1) is 5.92 Å². The third-order valence-corrected chi connectivity index (χ3v) is 4.61. The fourth-order valence-electron chi connectivity index (χ4n) is 2.42. The molecule has 0 saturated carbocycles. The van der Waals surface area contributed by atoms with Crippen LogP contribution < -0.4 is 10.6 Å². The summed E-state index contributed by atoms with van der Waals surface area (Å²) in [5.41, 5.74) is 0. The first kappa shape index (κ1) is 15.0. The molecule has 6 heteroatoms. The van der Waals surface area contributed by atoms with Gasteiger partial charge in [0.2, 0.25) is 5.91 Å². The third kappa shape index (κ3) is 4.31. The predicted molar refractivity (Wildman–Crippen MR) is 79.8 cm³/mol. The summed E-state index contributed by atoms with van der Waals surface area (Å²) >= 11 is 1.79. The van der Waals surface area contributed by atoms with E-state index < -0.39 is 6.03 Å². The van der Waals surface area contributed by atoms with Crippen molar-refractivity contribution >= 4 is 23.3 Å². The van der Waals surface area contributed by atoms with Crippen molar-refractivity contribution in [3.05, 3.63) is 22.4 Å². The number of amides is 3. The van der Waals surface area contributed by atoms with Crippen molar-refractivity contribution < 1.29 is 9.59 Å². The lowest BCUT2D eigenvalue weighted by Gasteiger charge is -2.30. The number of imide groups is 1. The topological polar surface area (TPSA) is 61.4 Å². The van der Waals surface area contributed by atoms with E-state index in [0.717, 1.165) is 38.9 Å². The Hall–Kier alpha value is -1.40. The summed E-state index contributed by atoms with van der Waals surface area (Å²) in [5.74, 6) is -0.187. The number of nitrogens with zero attached hydrogens (tertiary/aromatic N) is 1. The second kappa shape index (κ2) is 7.40. The summed E-state index contributed by atoms with van der Waals surface area (Å²) in [6.07, 6.45) is 2.73. The van der Waals surface area contributed by atoms with Crippen LogP contribution in [0.4, 0.5) is 4.79 Å². The molecule has 2 N–H and O–H groups in total. The van der Waals surface area contributed by atoms with Crippen LogP contribution in [-0.2, 0) is 11.2 Å². The molecule has 5 nitrogen and oxygen atoms in total. The van der Waals surface area contributed by atoms with Gasteiger partial charge in [-0.2, -0.15) is 0 Å². The maximum atomic E-state index is 11.8. The Morgan fingerprint density at radius 1 is 1.40 bits per heavy atom. The van der Waals surface area contributed by atoms with Crippen LogP contribution in [0.15, 0.2) is 17.5 Å². The zero-order valence-corrected chi connectivity index (χ0v) is 12.5. The van der Waals surface area contributed by atoms with E-state index in [1.54, 1.807) is 11.3 Å². The predicted octanol–water partition coefficient (Wildman–Crippen LogP) is 1.46. The molecular formula is C14H21N3O2S. The zero-order chi connectivity index (χ0) is 14.4. The Morgan fingerprint density at radius 2 is 2.15 bits per heavy atom. The van der Waals surface area contributed by atoms with Gasteiger partial charge in [0, 0.05) is 24.4 Å². The molecule has 1 aromatic heterocycles. The summed E-state index contributed by atoms with van der Waals surface area (Å²) in [6, 6.07) is 3.82. The molecule has 3 amide bonds. The zero-order valence-electron chi connectivity index (χ0n) is 11.7. The molecule has 1 saturated heterocycles. The van der Waals surface area contributed by atoms with E-state index in [9.17, 15) is 9.59 Å². The van der Waals surface area contributed by atoms with Crippen LogP contribution >= 0.6 is 11.3 Å². The number of hydrogen-bond donors (Lipinski definition) is 2. The van der Waals surface area contributed by atoms with Gasteiger partial charge in [-0.1, -0.05) is 6.07 Å². The van der Waals surface area contributed by atoms with Crippen molar-refractivity contribution in [2.24, 2.45) is 5.92 Å². The molecule has 0 aromatic carbocycles. The van der Waals surface area contributed by atoms with Gasteiger partial charge in [0.25, 0.3) is 0 Å². The number of carbonyl (C=O) groups excluding carboxylic acids is 2. The van der Waals surface area contributed by atoms with Gasteiger partial charge in [0.05, 0.1) is 0 Å². The minimum absolute atomic E-state index is 0.0368. The molecule has 0 aliphatic carbocycles. The number of thiophene rings is 1. The maximum Gasteiger partial charge on any atom is 0.321 e. The van der Waals surface area contributed by atoms with Gasteiger partial charge in [0.1, 0.15) is 0 Å². The van der Waals surface area contributed by atoms with Crippen LogP contribution in [0.1, 0.15) is 17.7 Å².